The van der Waals surface area contributed by atoms with Gasteiger partial charge in [-0.2, -0.15) is 0 Å². The molecule has 0 radical (unpaired) electrons. The molecule has 0 fully saturated rings. The fraction of sp³-hybridized carbons (Fsp3) is 0.276. The van der Waals surface area contributed by atoms with E-state index in [0.29, 0.717) is 5.56 Å². The zero-order chi connectivity index (χ0) is 23.3. The quantitative estimate of drug-likeness (QED) is 0.311. The summed E-state index contributed by atoms with van der Waals surface area (Å²) in [5.41, 5.74) is 5.59. The first-order valence-corrected chi connectivity index (χ1v) is 10.9. The summed E-state index contributed by atoms with van der Waals surface area (Å²) in [6.45, 7) is 13.2. The Balaban J connectivity index is 1.99. The maximum atomic E-state index is 13.9. The molecule has 0 amide bonds. The normalized spacial score (nSPS) is 12.4. The van der Waals surface area contributed by atoms with E-state index in [0.717, 1.165) is 33.7 Å². The topological polar surface area (TPSA) is 12.9 Å². The van der Waals surface area contributed by atoms with Crippen molar-refractivity contribution in [3.63, 3.8) is 0 Å². The van der Waals surface area contributed by atoms with E-state index >= 15 is 0 Å². The van der Waals surface area contributed by atoms with Crippen LogP contribution in [0.2, 0.25) is 0 Å². The molecule has 0 atom stereocenters. The average molecular weight is 430 g/mol. The predicted molar refractivity (Wildman–Crippen MR) is 130 cm³/mol. The number of fused-ring (bicyclic) bond motifs is 1. The minimum atomic E-state index is -0.576. The summed E-state index contributed by atoms with van der Waals surface area (Å²) in [6, 6.07) is 18.1. The predicted octanol–water partition coefficient (Wildman–Crippen LogP) is 8.44. The maximum Gasteiger partial charge on any atom is 0.126 e. The Morgan fingerprint density at radius 1 is 0.656 bits per heavy atom. The third-order valence-electron chi connectivity index (χ3n) is 5.87. The minimum Gasteiger partial charge on any atom is -0.256 e. The Hall–Kier alpha value is -3.07. The van der Waals surface area contributed by atoms with Gasteiger partial charge in [0.05, 0.1) is 5.69 Å². The van der Waals surface area contributed by atoms with Crippen LogP contribution in [0.1, 0.15) is 52.7 Å². The zero-order valence-corrected chi connectivity index (χ0v) is 19.6. The fourth-order valence-corrected chi connectivity index (χ4v) is 4.29. The highest BCUT2D eigenvalue weighted by atomic mass is 19.1. The molecule has 0 bridgehead atoms. The second-order valence-electron chi connectivity index (χ2n) is 10.5. The molecule has 3 heteroatoms. The number of benzene rings is 3. The van der Waals surface area contributed by atoms with Gasteiger partial charge in [-0.3, -0.25) is 4.98 Å². The van der Waals surface area contributed by atoms with Gasteiger partial charge in [0.2, 0.25) is 0 Å². The molecule has 0 spiro atoms. The smallest absolute Gasteiger partial charge is 0.126 e. The van der Waals surface area contributed by atoms with Crippen LogP contribution in [0.25, 0.3) is 33.2 Å². The summed E-state index contributed by atoms with van der Waals surface area (Å²) in [6.07, 6.45) is 1.87. The van der Waals surface area contributed by atoms with Gasteiger partial charge in [0, 0.05) is 17.8 Å². The molecule has 32 heavy (non-hydrogen) atoms. The number of aromatic nitrogens is 1. The van der Waals surface area contributed by atoms with Crippen LogP contribution in [0.3, 0.4) is 0 Å². The lowest BCUT2D eigenvalue weighted by molar-refractivity contribution is 0.584. The number of hydrogen-bond acceptors (Lipinski definition) is 1. The van der Waals surface area contributed by atoms with Crippen LogP contribution in [0, 0.1) is 11.6 Å². The Labute approximate surface area is 189 Å². The fourth-order valence-electron chi connectivity index (χ4n) is 4.29. The van der Waals surface area contributed by atoms with Crippen molar-refractivity contribution in [1.82, 2.24) is 4.98 Å². The van der Waals surface area contributed by atoms with E-state index in [-0.39, 0.29) is 10.8 Å². The Morgan fingerprint density at radius 2 is 1.31 bits per heavy atom. The summed E-state index contributed by atoms with van der Waals surface area (Å²) in [7, 11) is 0. The molecule has 0 unspecified atom stereocenters. The van der Waals surface area contributed by atoms with E-state index in [9.17, 15) is 8.78 Å². The molecule has 0 aliphatic rings. The molecule has 0 aliphatic carbocycles. The highest BCUT2D eigenvalue weighted by Gasteiger charge is 2.24. The van der Waals surface area contributed by atoms with Gasteiger partial charge in [-0.1, -0.05) is 65.8 Å². The van der Waals surface area contributed by atoms with E-state index in [1.54, 1.807) is 0 Å². The van der Waals surface area contributed by atoms with Crippen molar-refractivity contribution in [3.05, 3.63) is 89.6 Å². The molecule has 0 N–H and O–H groups in total. The number of hydrogen-bond donors (Lipinski definition) is 0. The van der Waals surface area contributed by atoms with Gasteiger partial charge in [0.1, 0.15) is 11.6 Å². The Morgan fingerprint density at radius 3 is 1.94 bits per heavy atom. The maximum absolute atomic E-state index is 13.9. The van der Waals surface area contributed by atoms with Crippen LogP contribution in [-0.4, -0.2) is 4.98 Å². The Bertz CT molecular complexity index is 1290. The first-order valence-electron chi connectivity index (χ1n) is 10.9. The lowest BCUT2D eigenvalue weighted by atomic mass is 9.78. The van der Waals surface area contributed by atoms with Crippen LogP contribution in [0.4, 0.5) is 8.78 Å². The summed E-state index contributed by atoms with van der Waals surface area (Å²) >= 11 is 0. The highest BCUT2D eigenvalue weighted by Crippen LogP contribution is 2.40. The van der Waals surface area contributed by atoms with Gasteiger partial charge in [-0.15, -0.1) is 0 Å². The molecule has 3 aromatic carbocycles. The van der Waals surface area contributed by atoms with Gasteiger partial charge in [-0.05, 0) is 74.2 Å². The van der Waals surface area contributed by atoms with Gasteiger partial charge in [0.25, 0.3) is 0 Å². The number of nitrogens with zero attached hydrogens (tertiary/aromatic N) is 1. The minimum absolute atomic E-state index is 0.0189. The molecule has 4 aromatic rings. The second kappa shape index (κ2) is 7.81. The van der Waals surface area contributed by atoms with Crippen molar-refractivity contribution in [3.8, 4) is 22.4 Å². The molecule has 1 aromatic heterocycles. The van der Waals surface area contributed by atoms with Crippen molar-refractivity contribution < 1.29 is 8.78 Å². The van der Waals surface area contributed by atoms with E-state index in [2.05, 4.69) is 65.8 Å². The highest BCUT2D eigenvalue weighted by molar-refractivity contribution is 5.95. The van der Waals surface area contributed by atoms with Gasteiger partial charge in [0.15, 0.2) is 0 Å². The van der Waals surface area contributed by atoms with Crippen molar-refractivity contribution in [2.45, 2.75) is 52.4 Å². The number of halogens is 2. The largest absolute Gasteiger partial charge is 0.256 e. The first kappa shape index (κ1) is 22.1. The third-order valence-corrected chi connectivity index (χ3v) is 5.87. The van der Waals surface area contributed by atoms with E-state index in [1.165, 1.54) is 23.3 Å². The molecular formula is C29H29F2N. The van der Waals surface area contributed by atoms with Crippen molar-refractivity contribution in [2.75, 3.05) is 0 Å². The molecule has 4 rings (SSSR count). The van der Waals surface area contributed by atoms with Gasteiger partial charge in [-0.25, -0.2) is 8.78 Å². The molecule has 0 saturated heterocycles. The first-order chi connectivity index (χ1) is 14.9. The zero-order valence-electron chi connectivity index (χ0n) is 19.6. The summed E-state index contributed by atoms with van der Waals surface area (Å²) in [4.78, 5) is 4.71. The molecule has 1 heterocycles. The second-order valence-corrected chi connectivity index (χ2v) is 10.5. The van der Waals surface area contributed by atoms with Crippen molar-refractivity contribution in [1.29, 1.82) is 0 Å². The lowest BCUT2D eigenvalue weighted by Gasteiger charge is -2.26. The number of rotatable bonds is 2. The van der Waals surface area contributed by atoms with Crippen LogP contribution >= 0.6 is 0 Å². The summed E-state index contributed by atoms with van der Waals surface area (Å²) in [5.74, 6) is -1.15. The van der Waals surface area contributed by atoms with Crippen LogP contribution in [0.5, 0.6) is 0 Å². The van der Waals surface area contributed by atoms with Crippen LogP contribution in [0.15, 0.2) is 66.9 Å². The van der Waals surface area contributed by atoms with E-state index in [1.807, 2.05) is 24.4 Å². The van der Waals surface area contributed by atoms with Gasteiger partial charge < -0.3 is 0 Å². The molecule has 164 valence electrons. The summed E-state index contributed by atoms with van der Waals surface area (Å²) < 4.78 is 27.7. The molecule has 1 nitrogen and oxygen atoms in total. The third kappa shape index (κ3) is 4.29. The SMILES string of the molecule is CC(C)(C)c1ccnc(-c2ccc3ccc(-c4cc(F)cc(F)c4)cc3c2C(C)(C)C)c1. The number of pyridine rings is 1. The van der Waals surface area contributed by atoms with Crippen LogP contribution in [-0.2, 0) is 10.8 Å². The van der Waals surface area contributed by atoms with Crippen molar-refractivity contribution >= 4 is 10.8 Å². The lowest BCUT2D eigenvalue weighted by Crippen LogP contribution is -2.15. The Kier molecular flexibility index (Phi) is 5.40. The van der Waals surface area contributed by atoms with E-state index in [4.69, 9.17) is 4.98 Å². The summed E-state index contributed by atoms with van der Waals surface area (Å²) in [5, 5.41) is 2.16. The average Bonchev–Trinajstić information content (AvgIpc) is 2.70. The van der Waals surface area contributed by atoms with E-state index < -0.39 is 11.6 Å². The molecule has 0 aliphatic heterocycles. The van der Waals surface area contributed by atoms with Crippen LogP contribution < -0.4 is 0 Å². The van der Waals surface area contributed by atoms with Gasteiger partial charge >= 0.3 is 0 Å². The monoisotopic (exact) mass is 429 g/mol. The molecular weight excluding hydrogens is 400 g/mol. The molecule has 0 saturated carbocycles. The standard InChI is InChI=1S/C29H29F2N/c1-28(2,3)21-11-12-32-26(16-21)24-10-9-18-7-8-19(15-25(18)27(24)29(4,5)6)20-13-22(30)17-23(31)14-20/h7-17H,1-6H3. The van der Waals surface area contributed by atoms with Crippen molar-refractivity contribution in [2.24, 2.45) is 0 Å².